The van der Waals surface area contributed by atoms with E-state index < -0.39 is 17.7 Å². The quantitative estimate of drug-likeness (QED) is 0.768. The Morgan fingerprint density at radius 3 is 2.71 bits per heavy atom. The van der Waals surface area contributed by atoms with Gasteiger partial charge in [0.05, 0.1) is 18.1 Å². The number of aliphatic carboxylic acids is 1. The SMILES string of the molecule is C[C@@H]1CN(CCCCOc2cccc(C(F)(F)F)c2)C[C@H]1C(=O)O. The van der Waals surface area contributed by atoms with Crippen LogP contribution in [-0.2, 0) is 11.0 Å². The molecule has 24 heavy (non-hydrogen) atoms. The first-order chi connectivity index (χ1) is 11.3. The van der Waals surface area contributed by atoms with Crippen molar-refractivity contribution < 1.29 is 27.8 Å². The molecular formula is C17H22F3NO3. The lowest BCUT2D eigenvalue weighted by Gasteiger charge is -2.15. The maximum absolute atomic E-state index is 12.6. The molecule has 1 aliphatic rings. The topological polar surface area (TPSA) is 49.8 Å². The van der Waals surface area contributed by atoms with Crippen molar-refractivity contribution in [1.82, 2.24) is 4.90 Å². The molecule has 1 aromatic rings. The molecule has 1 aliphatic heterocycles. The van der Waals surface area contributed by atoms with Gasteiger partial charge in [-0.3, -0.25) is 4.79 Å². The molecule has 2 rings (SSSR count). The van der Waals surface area contributed by atoms with Crippen LogP contribution in [0.2, 0.25) is 0 Å². The first kappa shape index (κ1) is 18.6. The van der Waals surface area contributed by atoms with Crippen LogP contribution in [0.3, 0.4) is 0 Å². The molecule has 1 fully saturated rings. The lowest BCUT2D eigenvalue weighted by molar-refractivity contribution is -0.142. The zero-order valence-corrected chi connectivity index (χ0v) is 13.6. The van der Waals surface area contributed by atoms with E-state index in [2.05, 4.69) is 4.90 Å². The zero-order valence-electron chi connectivity index (χ0n) is 13.6. The maximum atomic E-state index is 12.6. The minimum Gasteiger partial charge on any atom is -0.494 e. The summed E-state index contributed by atoms with van der Waals surface area (Å²) in [5, 5.41) is 9.09. The highest BCUT2D eigenvalue weighted by molar-refractivity contribution is 5.71. The number of rotatable bonds is 7. The highest BCUT2D eigenvalue weighted by atomic mass is 19.4. The fourth-order valence-electron chi connectivity index (χ4n) is 2.96. The second-order valence-corrected chi connectivity index (χ2v) is 6.26. The monoisotopic (exact) mass is 345 g/mol. The molecule has 1 heterocycles. The van der Waals surface area contributed by atoms with Crippen molar-refractivity contribution in [2.75, 3.05) is 26.2 Å². The summed E-state index contributed by atoms with van der Waals surface area (Å²) >= 11 is 0. The highest BCUT2D eigenvalue weighted by Crippen LogP contribution is 2.31. The zero-order chi connectivity index (χ0) is 17.7. The molecule has 7 heteroatoms. The summed E-state index contributed by atoms with van der Waals surface area (Å²) in [6, 6.07) is 4.85. The van der Waals surface area contributed by atoms with Gasteiger partial charge in [-0.1, -0.05) is 13.0 Å². The highest BCUT2D eigenvalue weighted by Gasteiger charge is 2.34. The number of halogens is 3. The third kappa shape index (κ3) is 5.12. The second kappa shape index (κ2) is 7.88. The Balaban J connectivity index is 1.68. The van der Waals surface area contributed by atoms with Crippen molar-refractivity contribution in [2.45, 2.75) is 25.9 Å². The van der Waals surface area contributed by atoms with Crippen LogP contribution in [0.15, 0.2) is 24.3 Å². The molecule has 134 valence electrons. The summed E-state index contributed by atoms with van der Waals surface area (Å²) in [7, 11) is 0. The minimum absolute atomic E-state index is 0.142. The molecule has 0 saturated carbocycles. The van der Waals surface area contributed by atoms with E-state index in [9.17, 15) is 18.0 Å². The van der Waals surface area contributed by atoms with E-state index in [1.165, 1.54) is 12.1 Å². The fourth-order valence-corrected chi connectivity index (χ4v) is 2.96. The minimum atomic E-state index is -4.37. The Bertz CT molecular complexity index is 562. The third-order valence-electron chi connectivity index (χ3n) is 4.30. The molecule has 0 amide bonds. The molecule has 4 nitrogen and oxygen atoms in total. The summed E-state index contributed by atoms with van der Waals surface area (Å²) in [4.78, 5) is 13.2. The molecular weight excluding hydrogens is 323 g/mol. The van der Waals surface area contributed by atoms with Crippen molar-refractivity contribution in [3.05, 3.63) is 29.8 Å². The molecule has 2 atom stereocenters. The second-order valence-electron chi connectivity index (χ2n) is 6.26. The Morgan fingerprint density at radius 1 is 1.33 bits per heavy atom. The maximum Gasteiger partial charge on any atom is 0.416 e. The molecule has 1 N–H and O–H groups in total. The molecule has 1 saturated heterocycles. The van der Waals surface area contributed by atoms with Gasteiger partial charge in [0.25, 0.3) is 0 Å². The third-order valence-corrected chi connectivity index (χ3v) is 4.30. The Kier molecular flexibility index (Phi) is 6.10. The van der Waals surface area contributed by atoms with Gasteiger partial charge in [0.15, 0.2) is 0 Å². The number of nitrogens with zero attached hydrogens (tertiary/aromatic N) is 1. The first-order valence-electron chi connectivity index (χ1n) is 8.02. The van der Waals surface area contributed by atoms with E-state index in [-0.39, 0.29) is 17.6 Å². The number of hydrogen-bond acceptors (Lipinski definition) is 3. The first-order valence-corrected chi connectivity index (χ1v) is 8.02. The number of hydrogen-bond donors (Lipinski definition) is 1. The van der Waals surface area contributed by atoms with E-state index in [1.54, 1.807) is 0 Å². The average molecular weight is 345 g/mol. The molecule has 0 aliphatic carbocycles. The number of ether oxygens (including phenoxy) is 1. The molecule has 1 aromatic carbocycles. The Hall–Kier alpha value is -1.76. The predicted octanol–water partition coefficient (Wildman–Crippen LogP) is 3.52. The van der Waals surface area contributed by atoms with Crippen LogP contribution in [0.1, 0.15) is 25.3 Å². The van der Waals surface area contributed by atoms with Gasteiger partial charge in [0.2, 0.25) is 0 Å². The van der Waals surface area contributed by atoms with Crippen molar-refractivity contribution in [3.8, 4) is 5.75 Å². The number of carbonyl (C=O) groups is 1. The van der Waals surface area contributed by atoms with Gasteiger partial charge in [-0.25, -0.2) is 0 Å². The number of unbranched alkanes of at least 4 members (excludes halogenated alkanes) is 1. The van der Waals surface area contributed by atoms with Crippen molar-refractivity contribution in [1.29, 1.82) is 0 Å². The predicted molar refractivity (Wildman–Crippen MR) is 82.9 cm³/mol. The van der Waals surface area contributed by atoms with E-state index in [0.29, 0.717) is 19.6 Å². The number of carboxylic acids is 1. The van der Waals surface area contributed by atoms with Gasteiger partial charge in [-0.15, -0.1) is 0 Å². The smallest absolute Gasteiger partial charge is 0.416 e. The fraction of sp³-hybridized carbons (Fsp3) is 0.588. The van der Waals surface area contributed by atoms with Crippen molar-refractivity contribution in [2.24, 2.45) is 11.8 Å². The standard InChI is InChI=1S/C17H22F3NO3/c1-12-10-21(11-15(12)16(22)23)7-2-3-8-24-14-6-4-5-13(9-14)17(18,19)20/h4-6,9,12,15H,2-3,7-8,10-11H2,1H3,(H,22,23)/t12-,15-/m1/s1. The number of benzene rings is 1. The summed E-state index contributed by atoms with van der Waals surface area (Å²) < 4.78 is 43.2. The summed E-state index contributed by atoms with van der Waals surface area (Å²) in [6.45, 7) is 4.39. The van der Waals surface area contributed by atoms with E-state index in [1.807, 2.05) is 6.92 Å². The van der Waals surface area contributed by atoms with Gasteiger partial charge in [-0.2, -0.15) is 13.2 Å². The van der Waals surface area contributed by atoms with Crippen LogP contribution >= 0.6 is 0 Å². The number of likely N-dealkylation sites (tertiary alicyclic amines) is 1. The van der Waals surface area contributed by atoms with Crippen molar-refractivity contribution in [3.63, 3.8) is 0 Å². The van der Waals surface area contributed by atoms with Gasteiger partial charge in [0.1, 0.15) is 5.75 Å². The van der Waals surface area contributed by atoms with Crippen molar-refractivity contribution >= 4 is 5.97 Å². The van der Waals surface area contributed by atoms with Crippen LogP contribution in [0.5, 0.6) is 5.75 Å². The largest absolute Gasteiger partial charge is 0.494 e. The molecule has 0 spiro atoms. The summed E-state index contributed by atoms with van der Waals surface area (Å²) in [6.07, 6.45) is -2.84. The molecule has 0 bridgehead atoms. The van der Waals surface area contributed by atoms with Gasteiger partial charge < -0.3 is 14.7 Å². The lowest BCUT2D eigenvalue weighted by Crippen LogP contribution is -2.24. The van der Waals surface area contributed by atoms with Gasteiger partial charge in [-0.05, 0) is 43.5 Å². The van der Waals surface area contributed by atoms with Crippen LogP contribution < -0.4 is 4.74 Å². The molecule has 0 unspecified atom stereocenters. The Labute approximate surface area is 139 Å². The van der Waals surface area contributed by atoms with Crippen LogP contribution in [0, 0.1) is 11.8 Å². The normalized spacial score (nSPS) is 21.8. The van der Waals surface area contributed by atoms with Gasteiger partial charge in [0, 0.05) is 13.1 Å². The summed E-state index contributed by atoms with van der Waals surface area (Å²) in [5.41, 5.74) is -0.717. The number of alkyl halides is 3. The van der Waals surface area contributed by atoms with Crippen LogP contribution in [-0.4, -0.2) is 42.2 Å². The number of carboxylic acid groups (broad SMARTS) is 1. The average Bonchev–Trinajstić information content (AvgIpc) is 2.87. The van der Waals surface area contributed by atoms with Crippen LogP contribution in [0.25, 0.3) is 0 Å². The Morgan fingerprint density at radius 2 is 2.08 bits per heavy atom. The molecule has 0 aromatic heterocycles. The van der Waals surface area contributed by atoms with E-state index in [4.69, 9.17) is 9.84 Å². The lowest BCUT2D eigenvalue weighted by atomic mass is 9.99. The van der Waals surface area contributed by atoms with Crippen LogP contribution in [0.4, 0.5) is 13.2 Å². The molecule has 0 radical (unpaired) electrons. The summed E-state index contributed by atoms with van der Waals surface area (Å²) in [5.74, 6) is -0.710. The van der Waals surface area contributed by atoms with Gasteiger partial charge >= 0.3 is 12.1 Å². The van der Waals surface area contributed by atoms with E-state index >= 15 is 0 Å². The van der Waals surface area contributed by atoms with E-state index in [0.717, 1.165) is 31.6 Å².